The molecule has 0 aliphatic carbocycles. The number of hydrogen-bond donors (Lipinski definition) is 1. The molecule has 6 heteroatoms. The molecule has 0 bridgehead atoms. The van der Waals surface area contributed by atoms with Crippen LogP contribution in [0, 0.1) is 0 Å². The normalized spacial score (nSPS) is 27.0. The molecule has 0 radical (unpaired) electrons. The van der Waals surface area contributed by atoms with Crippen molar-refractivity contribution in [1.29, 1.82) is 0 Å². The van der Waals surface area contributed by atoms with Gasteiger partial charge in [-0.3, -0.25) is 4.90 Å². The van der Waals surface area contributed by atoms with Crippen molar-refractivity contribution in [2.75, 3.05) is 48.1 Å². The van der Waals surface area contributed by atoms with Gasteiger partial charge in [0.05, 0.1) is 12.2 Å². The van der Waals surface area contributed by atoms with Crippen LogP contribution in [0.15, 0.2) is 0 Å². The summed E-state index contributed by atoms with van der Waals surface area (Å²) in [6, 6.07) is 0.215. The summed E-state index contributed by atoms with van der Waals surface area (Å²) in [7, 11) is 6.71. The van der Waals surface area contributed by atoms with E-state index in [1.165, 1.54) is 0 Å². The van der Waals surface area contributed by atoms with E-state index in [2.05, 4.69) is 4.90 Å². The SMILES string of the molecule is COC(CC(CN)N1CC(OC)C(OC)C1)OC. The molecule has 0 aromatic rings. The number of nitrogens with two attached hydrogens (primary N) is 1. The van der Waals surface area contributed by atoms with E-state index in [9.17, 15) is 0 Å². The van der Waals surface area contributed by atoms with Gasteiger partial charge in [-0.1, -0.05) is 0 Å². The molecule has 0 saturated carbocycles. The molecule has 1 aliphatic rings. The fraction of sp³-hybridized carbons (Fsp3) is 1.00. The topological polar surface area (TPSA) is 66.2 Å². The summed E-state index contributed by atoms with van der Waals surface area (Å²) in [6.07, 6.45) is 0.734. The van der Waals surface area contributed by atoms with E-state index in [4.69, 9.17) is 24.7 Å². The van der Waals surface area contributed by atoms with E-state index >= 15 is 0 Å². The van der Waals surface area contributed by atoms with Crippen molar-refractivity contribution in [3.05, 3.63) is 0 Å². The minimum Gasteiger partial charge on any atom is -0.377 e. The van der Waals surface area contributed by atoms with Gasteiger partial charge < -0.3 is 24.7 Å². The van der Waals surface area contributed by atoms with Crippen LogP contribution in [-0.2, 0) is 18.9 Å². The average molecular weight is 262 g/mol. The molecule has 1 fully saturated rings. The van der Waals surface area contributed by atoms with E-state index in [0.717, 1.165) is 19.5 Å². The summed E-state index contributed by atoms with van der Waals surface area (Å²) in [5, 5.41) is 0. The minimum absolute atomic E-state index is 0.104. The highest BCUT2D eigenvalue weighted by atomic mass is 16.7. The van der Waals surface area contributed by atoms with Crippen molar-refractivity contribution < 1.29 is 18.9 Å². The van der Waals surface area contributed by atoms with E-state index in [-0.39, 0.29) is 24.5 Å². The first-order valence-corrected chi connectivity index (χ1v) is 6.25. The smallest absolute Gasteiger partial charge is 0.158 e. The number of methoxy groups -OCH3 is 4. The first-order chi connectivity index (χ1) is 8.69. The lowest BCUT2D eigenvalue weighted by molar-refractivity contribution is -0.116. The van der Waals surface area contributed by atoms with Crippen LogP contribution in [0.25, 0.3) is 0 Å². The molecular formula is C12H26N2O4. The summed E-state index contributed by atoms with van der Waals surface area (Å²) >= 11 is 0. The lowest BCUT2D eigenvalue weighted by Crippen LogP contribution is -2.42. The molecule has 2 N–H and O–H groups in total. The molecular weight excluding hydrogens is 236 g/mol. The van der Waals surface area contributed by atoms with Crippen LogP contribution < -0.4 is 5.73 Å². The maximum atomic E-state index is 5.85. The predicted octanol–water partition coefficient (Wildman–Crippen LogP) is -0.332. The average Bonchev–Trinajstić information content (AvgIpc) is 2.83. The zero-order valence-corrected chi connectivity index (χ0v) is 11.8. The first kappa shape index (κ1) is 15.8. The van der Waals surface area contributed by atoms with Crippen molar-refractivity contribution >= 4 is 0 Å². The maximum absolute atomic E-state index is 5.85. The minimum atomic E-state index is -0.221. The Bertz CT molecular complexity index is 214. The molecule has 6 nitrogen and oxygen atoms in total. The zero-order valence-electron chi connectivity index (χ0n) is 11.8. The van der Waals surface area contributed by atoms with Crippen molar-refractivity contribution in [2.45, 2.75) is 31.0 Å². The largest absolute Gasteiger partial charge is 0.377 e. The Kier molecular flexibility index (Phi) is 7.06. The van der Waals surface area contributed by atoms with Crippen LogP contribution in [-0.4, -0.2) is 77.5 Å². The summed E-state index contributed by atoms with van der Waals surface area (Å²) in [5.74, 6) is 0. The molecule has 1 aliphatic heterocycles. The molecule has 1 rings (SSSR count). The van der Waals surface area contributed by atoms with Gasteiger partial charge in [0, 0.05) is 60.5 Å². The third kappa shape index (κ3) is 3.88. The molecule has 0 spiro atoms. The third-order valence-corrected chi connectivity index (χ3v) is 3.63. The Hall–Kier alpha value is -0.240. The highest BCUT2D eigenvalue weighted by Crippen LogP contribution is 2.20. The summed E-state index contributed by atoms with van der Waals surface area (Å²) in [4.78, 5) is 2.29. The van der Waals surface area contributed by atoms with Gasteiger partial charge in [-0.15, -0.1) is 0 Å². The second kappa shape index (κ2) is 8.04. The van der Waals surface area contributed by atoms with Gasteiger partial charge in [-0.2, -0.15) is 0 Å². The lowest BCUT2D eigenvalue weighted by Gasteiger charge is -2.28. The van der Waals surface area contributed by atoms with Gasteiger partial charge in [0.2, 0.25) is 0 Å². The molecule has 3 atom stereocenters. The summed E-state index contributed by atoms with van der Waals surface area (Å²) < 4.78 is 21.3. The van der Waals surface area contributed by atoms with Crippen LogP contribution >= 0.6 is 0 Å². The fourth-order valence-corrected chi connectivity index (χ4v) is 2.43. The van der Waals surface area contributed by atoms with E-state index in [1.807, 2.05) is 0 Å². The molecule has 1 heterocycles. The van der Waals surface area contributed by atoms with E-state index < -0.39 is 0 Å². The van der Waals surface area contributed by atoms with Crippen molar-refractivity contribution in [3.8, 4) is 0 Å². The first-order valence-electron chi connectivity index (χ1n) is 6.25. The van der Waals surface area contributed by atoms with Gasteiger partial charge in [0.25, 0.3) is 0 Å². The third-order valence-electron chi connectivity index (χ3n) is 3.63. The lowest BCUT2D eigenvalue weighted by atomic mass is 10.1. The van der Waals surface area contributed by atoms with Crippen LogP contribution in [0.1, 0.15) is 6.42 Å². The van der Waals surface area contributed by atoms with Crippen LogP contribution in [0.3, 0.4) is 0 Å². The molecule has 0 aromatic carbocycles. The fourth-order valence-electron chi connectivity index (χ4n) is 2.43. The Labute approximate surface area is 109 Å². The van der Waals surface area contributed by atoms with Gasteiger partial charge in [-0.05, 0) is 0 Å². The monoisotopic (exact) mass is 262 g/mol. The number of likely N-dealkylation sites (tertiary alicyclic amines) is 1. The highest BCUT2D eigenvalue weighted by molar-refractivity contribution is 4.90. The number of rotatable bonds is 8. The van der Waals surface area contributed by atoms with Gasteiger partial charge in [-0.25, -0.2) is 0 Å². The van der Waals surface area contributed by atoms with Gasteiger partial charge in [0.15, 0.2) is 6.29 Å². The van der Waals surface area contributed by atoms with Gasteiger partial charge in [0.1, 0.15) is 0 Å². The number of ether oxygens (including phenoxy) is 4. The van der Waals surface area contributed by atoms with Gasteiger partial charge >= 0.3 is 0 Å². The van der Waals surface area contributed by atoms with Crippen LogP contribution in [0.2, 0.25) is 0 Å². The molecule has 0 aromatic heterocycles. The molecule has 3 unspecified atom stereocenters. The summed E-state index contributed by atoms with van der Waals surface area (Å²) in [5.41, 5.74) is 5.85. The standard InChI is InChI=1S/C12H26N2O4/c1-15-10-7-14(8-11(10)16-2)9(6-13)5-12(17-3)18-4/h9-12H,5-8,13H2,1-4H3. The summed E-state index contributed by atoms with van der Waals surface area (Å²) in [6.45, 7) is 2.23. The molecule has 108 valence electrons. The zero-order chi connectivity index (χ0) is 13.5. The van der Waals surface area contributed by atoms with Crippen molar-refractivity contribution in [3.63, 3.8) is 0 Å². The molecule has 1 saturated heterocycles. The Balaban J connectivity index is 2.55. The second-order valence-corrected chi connectivity index (χ2v) is 4.53. The Morgan fingerprint density at radius 1 is 1.06 bits per heavy atom. The van der Waals surface area contributed by atoms with Crippen molar-refractivity contribution in [2.24, 2.45) is 5.73 Å². The molecule has 18 heavy (non-hydrogen) atoms. The quantitative estimate of drug-likeness (QED) is 0.604. The molecule has 0 amide bonds. The number of hydrogen-bond acceptors (Lipinski definition) is 6. The van der Waals surface area contributed by atoms with Crippen LogP contribution in [0.4, 0.5) is 0 Å². The Morgan fingerprint density at radius 3 is 1.89 bits per heavy atom. The van der Waals surface area contributed by atoms with Crippen molar-refractivity contribution in [1.82, 2.24) is 4.90 Å². The van der Waals surface area contributed by atoms with E-state index in [0.29, 0.717) is 6.54 Å². The highest BCUT2D eigenvalue weighted by Gasteiger charge is 2.36. The van der Waals surface area contributed by atoms with E-state index in [1.54, 1.807) is 28.4 Å². The Morgan fingerprint density at radius 2 is 1.56 bits per heavy atom. The van der Waals surface area contributed by atoms with Crippen LogP contribution in [0.5, 0.6) is 0 Å². The maximum Gasteiger partial charge on any atom is 0.158 e. The number of nitrogens with zero attached hydrogens (tertiary/aromatic N) is 1. The predicted molar refractivity (Wildman–Crippen MR) is 68.4 cm³/mol. The second-order valence-electron chi connectivity index (χ2n) is 4.53.